The number of benzene rings is 2. The van der Waals surface area contributed by atoms with Gasteiger partial charge in [0.1, 0.15) is 35.1 Å². The van der Waals surface area contributed by atoms with Crippen LogP contribution >= 0.6 is 0 Å². The van der Waals surface area contributed by atoms with Crippen LogP contribution in [0.25, 0.3) is 0 Å². The molecule has 49 heavy (non-hydrogen) atoms. The summed E-state index contributed by atoms with van der Waals surface area (Å²) < 4.78 is 17.3. The van der Waals surface area contributed by atoms with E-state index in [9.17, 15) is 0 Å². The number of hydrogen-bond donors (Lipinski definition) is 0. The standard InChI is InChI=1S/C24H26N2O.C15H19N3O2.C2H6/c1-15-9-17(3)23(18(4)10-15)25-13-21-7-8-22(27-21)14-26-24-19(5)11-16(2)12-20(24)6;1-8-10(3)19-14(16-8)12-6-5-7-13(18-12)15-17-9(2)11(4)20-15;1-2/h7-14H,1-6H3;5-11H,1-4H3;1-2H3. The molecule has 0 aliphatic carbocycles. The van der Waals surface area contributed by atoms with Gasteiger partial charge < -0.3 is 13.9 Å². The van der Waals surface area contributed by atoms with Gasteiger partial charge in [-0.1, -0.05) is 55.3 Å². The van der Waals surface area contributed by atoms with Gasteiger partial charge in [0.05, 0.1) is 35.9 Å². The van der Waals surface area contributed by atoms with Crippen LogP contribution in [0.1, 0.15) is 97.8 Å². The molecule has 0 saturated carbocycles. The molecule has 0 radical (unpaired) electrons. The first-order valence-electron chi connectivity index (χ1n) is 17.2. The van der Waals surface area contributed by atoms with Crippen molar-refractivity contribution in [3.63, 3.8) is 0 Å². The van der Waals surface area contributed by atoms with Gasteiger partial charge in [0.2, 0.25) is 11.8 Å². The maximum absolute atomic E-state index is 5.84. The molecule has 2 aromatic carbocycles. The zero-order valence-electron chi connectivity index (χ0n) is 31.1. The number of aryl methyl sites for hydroxylation is 6. The van der Waals surface area contributed by atoms with Crippen LogP contribution in [-0.2, 0) is 9.47 Å². The number of pyridine rings is 1. The Kier molecular flexibility index (Phi) is 12.5. The second kappa shape index (κ2) is 16.5. The normalized spacial score (nSPS) is 19.8. The molecule has 4 heterocycles. The van der Waals surface area contributed by atoms with Crippen LogP contribution in [0.4, 0.5) is 11.4 Å². The highest BCUT2D eigenvalue weighted by molar-refractivity contribution is 5.97. The van der Waals surface area contributed by atoms with E-state index in [1.54, 1.807) is 12.4 Å². The Labute approximate surface area is 292 Å². The number of ether oxygens (including phenoxy) is 2. The number of rotatable bonds is 6. The Morgan fingerprint density at radius 3 is 1.27 bits per heavy atom. The van der Waals surface area contributed by atoms with Crippen molar-refractivity contribution in [2.24, 2.45) is 20.0 Å². The largest absolute Gasteiger partial charge is 0.471 e. The first-order chi connectivity index (χ1) is 23.4. The number of aromatic nitrogens is 1. The van der Waals surface area contributed by atoms with Crippen LogP contribution in [-0.4, -0.2) is 53.5 Å². The summed E-state index contributed by atoms with van der Waals surface area (Å²) in [6, 6.07) is 18.5. The summed E-state index contributed by atoms with van der Waals surface area (Å²) in [7, 11) is 0. The van der Waals surface area contributed by atoms with Crippen molar-refractivity contribution in [1.29, 1.82) is 0 Å². The molecule has 0 amide bonds. The lowest BCUT2D eigenvalue weighted by molar-refractivity contribution is 0.217. The van der Waals surface area contributed by atoms with Gasteiger partial charge in [-0.2, -0.15) is 0 Å². The molecular formula is C41H51N5O3. The van der Waals surface area contributed by atoms with E-state index >= 15 is 0 Å². The van der Waals surface area contributed by atoms with Crippen LogP contribution in [0.3, 0.4) is 0 Å². The lowest BCUT2D eigenvalue weighted by atomic mass is 10.1. The highest BCUT2D eigenvalue weighted by Crippen LogP contribution is 2.26. The van der Waals surface area contributed by atoms with E-state index in [1.165, 1.54) is 33.4 Å². The zero-order chi connectivity index (χ0) is 35.8. The van der Waals surface area contributed by atoms with Crippen molar-refractivity contribution in [2.75, 3.05) is 0 Å². The molecule has 0 N–H and O–H groups in total. The first kappa shape index (κ1) is 37.0. The van der Waals surface area contributed by atoms with E-state index < -0.39 is 0 Å². The maximum atomic E-state index is 5.84. The monoisotopic (exact) mass is 661 g/mol. The Hall–Kier alpha value is -4.85. The first-order valence-corrected chi connectivity index (χ1v) is 17.2. The topological polar surface area (TPSA) is 93.9 Å². The van der Waals surface area contributed by atoms with E-state index in [1.807, 2.05) is 71.9 Å². The molecule has 6 rings (SSSR count). The van der Waals surface area contributed by atoms with Gasteiger partial charge in [-0.15, -0.1) is 0 Å². The molecule has 2 aliphatic rings. The Morgan fingerprint density at radius 2 is 0.939 bits per heavy atom. The maximum Gasteiger partial charge on any atom is 0.236 e. The van der Waals surface area contributed by atoms with Gasteiger partial charge in [-0.3, -0.25) is 9.98 Å². The van der Waals surface area contributed by atoms with Gasteiger partial charge in [0.15, 0.2) is 0 Å². The van der Waals surface area contributed by atoms with Gasteiger partial charge in [0.25, 0.3) is 0 Å². The minimum atomic E-state index is 0.0931. The van der Waals surface area contributed by atoms with Crippen molar-refractivity contribution in [2.45, 2.75) is 107 Å². The van der Waals surface area contributed by atoms with Crippen LogP contribution in [0, 0.1) is 41.5 Å². The number of hydrogen-bond acceptors (Lipinski definition) is 8. The van der Waals surface area contributed by atoms with Gasteiger partial charge in [-0.25, -0.2) is 15.0 Å². The van der Waals surface area contributed by atoms with Crippen molar-refractivity contribution in [3.8, 4) is 0 Å². The Balaban J connectivity index is 0.000000218. The molecule has 4 aromatic rings. The molecule has 4 unspecified atom stereocenters. The summed E-state index contributed by atoms with van der Waals surface area (Å²) in [5.41, 5.74) is 10.6. The molecule has 4 atom stereocenters. The lowest BCUT2D eigenvalue weighted by Gasteiger charge is -2.09. The molecule has 2 aromatic heterocycles. The Morgan fingerprint density at radius 1 is 0.571 bits per heavy atom. The highest BCUT2D eigenvalue weighted by Gasteiger charge is 2.27. The van der Waals surface area contributed by atoms with E-state index in [2.05, 4.69) is 90.8 Å². The Bertz CT molecular complexity index is 1710. The van der Waals surface area contributed by atoms with Gasteiger partial charge in [-0.05, 0) is 116 Å². The quantitative estimate of drug-likeness (QED) is 0.192. The fourth-order valence-electron chi connectivity index (χ4n) is 5.63. The molecule has 258 valence electrons. The van der Waals surface area contributed by atoms with Gasteiger partial charge in [0, 0.05) is 0 Å². The number of nitrogens with zero attached hydrogens (tertiary/aromatic N) is 5. The third kappa shape index (κ3) is 9.40. The molecule has 8 nitrogen and oxygen atoms in total. The predicted octanol–water partition coefficient (Wildman–Crippen LogP) is 9.85. The van der Waals surface area contributed by atoms with Gasteiger partial charge >= 0.3 is 0 Å². The SMILES string of the molecule is CC.CC1N=C(c2cccc(C3=NC(C)C(C)O3)n2)OC1C.Cc1cc(C)c(N=Cc2ccc(C=Nc3c(C)cc(C)cc3C)o2)c(C)c1. The summed E-state index contributed by atoms with van der Waals surface area (Å²) >= 11 is 0. The average Bonchev–Trinajstić information content (AvgIpc) is 3.75. The minimum Gasteiger partial charge on any atom is -0.471 e. The predicted molar refractivity (Wildman–Crippen MR) is 203 cm³/mol. The number of aliphatic imine (C=N–C) groups is 4. The van der Waals surface area contributed by atoms with Crippen molar-refractivity contribution >= 4 is 35.6 Å². The van der Waals surface area contributed by atoms with Crippen molar-refractivity contribution in [1.82, 2.24) is 4.98 Å². The third-order valence-electron chi connectivity index (χ3n) is 8.34. The van der Waals surface area contributed by atoms with Crippen molar-refractivity contribution < 1.29 is 13.9 Å². The van der Waals surface area contributed by atoms with Crippen LogP contribution in [0.15, 0.2) is 79.0 Å². The number of furan rings is 1. The second-order valence-electron chi connectivity index (χ2n) is 12.7. The van der Waals surface area contributed by atoms with E-state index in [0.29, 0.717) is 23.3 Å². The molecule has 8 heteroatoms. The molecule has 0 saturated heterocycles. The molecule has 0 fully saturated rings. The van der Waals surface area contributed by atoms with Crippen molar-refractivity contribution in [3.05, 3.63) is 111 Å². The van der Waals surface area contributed by atoms with Crippen LogP contribution in [0.2, 0.25) is 0 Å². The summed E-state index contributed by atoms with van der Waals surface area (Å²) in [5.74, 6) is 2.64. The summed E-state index contributed by atoms with van der Waals surface area (Å²) in [6.45, 7) is 24.6. The lowest BCUT2D eigenvalue weighted by Crippen LogP contribution is -2.17. The van der Waals surface area contributed by atoms with E-state index in [4.69, 9.17) is 13.9 Å². The minimum absolute atomic E-state index is 0.0931. The molecule has 2 aliphatic heterocycles. The fourth-order valence-corrected chi connectivity index (χ4v) is 5.63. The van der Waals surface area contributed by atoms with E-state index in [0.717, 1.165) is 22.8 Å². The van der Waals surface area contributed by atoms with E-state index in [-0.39, 0.29) is 24.3 Å². The van der Waals surface area contributed by atoms with Crippen LogP contribution in [0.5, 0.6) is 0 Å². The third-order valence-corrected chi connectivity index (χ3v) is 8.34. The summed E-state index contributed by atoms with van der Waals surface area (Å²) in [6.07, 6.45) is 3.72. The molecule has 0 bridgehead atoms. The molecule has 0 spiro atoms. The average molecular weight is 662 g/mol. The highest BCUT2D eigenvalue weighted by atomic mass is 16.5. The fraction of sp³-hybridized carbons (Fsp3) is 0.390. The zero-order valence-corrected chi connectivity index (χ0v) is 31.1. The van der Waals surface area contributed by atoms with Crippen LogP contribution < -0.4 is 0 Å². The smallest absolute Gasteiger partial charge is 0.236 e. The summed E-state index contributed by atoms with van der Waals surface area (Å²) in [5, 5.41) is 0. The second-order valence-corrected chi connectivity index (χ2v) is 12.7. The summed E-state index contributed by atoms with van der Waals surface area (Å²) in [4.78, 5) is 22.8. The molecular weight excluding hydrogens is 610 g/mol.